The van der Waals surface area contributed by atoms with E-state index in [0.717, 1.165) is 11.1 Å². The number of oxime groups is 1. The van der Waals surface area contributed by atoms with Crippen LogP contribution in [0.1, 0.15) is 31.9 Å². The molecule has 0 radical (unpaired) electrons. The van der Waals surface area contributed by atoms with E-state index < -0.39 is 17.7 Å². The Morgan fingerprint density at radius 2 is 1.81 bits per heavy atom. The highest BCUT2D eigenvalue weighted by Crippen LogP contribution is 2.10. The second kappa shape index (κ2) is 10.6. The van der Waals surface area contributed by atoms with Crippen LogP contribution in [0.4, 0.5) is 4.79 Å². The van der Waals surface area contributed by atoms with Crippen molar-refractivity contribution in [3.63, 3.8) is 0 Å². The largest absolute Gasteiger partial charge is 0.444 e. The van der Waals surface area contributed by atoms with Crippen LogP contribution in [-0.2, 0) is 22.4 Å². The van der Waals surface area contributed by atoms with Crippen LogP contribution >= 0.6 is 0 Å². The minimum absolute atomic E-state index is 0.00964. The van der Waals surface area contributed by atoms with Crippen LogP contribution in [0.15, 0.2) is 29.4 Å². The van der Waals surface area contributed by atoms with Crippen LogP contribution in [0.5, 0.6) is 0 Å². The van der Waals surface area contributed by atoms with Crippen molar-refractivity contribution in [1.29, 1.82) is 0 Å². The zero-order valence-corrected chi connectivity index (χ0v) is 15.6. The van der Waals surface area contributed by atoms with Gasteiger partial charge in [-0.05, 0) is 38.3 Å². The van der Waals surface area contributed by atoms with Crippen molar-refractivity contribution in [2.75, 3.05) is 19.8 Å². The van der Waals surface area contributed by atoms with Crippen molar-refractivity contribution >= 4 is 11.9 Å². The molecular formula is C18H29N3O5. The molecule has 0 unspecified atom stereocenters. The predicted molar refractivity (Wildman–Crippen MR) is 98.8 cm³/mol. The Kier molecular flexibility index (Phi) is 8.87. The molecule has 0 bridgehead atoms. The molecule has 26 heavy (non-hydrogen) atoms. The van der Waals surface area contributed by atoms with Gasteiger partial charge in [-0.2, -0.15) is 0 Å². The van der Waals surface area contributed by atoms with E-state index in [9.17, 15) is 4.79 Å². The summed E-state index contributed by atoms with van der Waals surface area (Å²) in [6.07, 6.45) is 0.356. The van der Waals surface area contributed by atoms with Gasteiger partial charge in [0.15, 0.2) is 5.84 Å². The number of aliphatic hydroxyl groups excluding tert-OH is 2. The first kappa shape index (κ1) is 21.7. The summed E-state index contributed by atoms with van der Waals surface area (Å²) >= 11 is 0. The number of nitrogens with zero attached hydrogens (tertiary/aromatic N) is 1. The summed E-state index contributed by atoms with van der Waals surface area (Å²) in [5.41, 5.74) is 7.24. The maximum atomic E-state index is 12.1. The first-order chi connectivity index (χ1) is 12.2. The van der Waals surface area contributed by atoms with Gasteiger partial charge in [0.25, 0.3) is 0 Å². The van der Waals surface area contributed by atoms with E-state index in [4.69, 9.17) is 25.5 Å². The molecule has 1 aromatic carbocycles. The Hall–Kier alpha value is -2.32. The summed E-state index contributed by atoms with van der Waals surface area (Å²) in [5, 5.41) is 24.2. The summed E-state index contributed by atoms with van der Waals surface area (Å²) in [4.78, 5) is 17.0. The van der Waals surface area contributed by atoms with Gasteiger partial charge in [-0.15, -0.1) is 0 Å². The number of carbonyl (C=O) groups is 1. The minimum Gasteiger partial charge on any atom is -0.444 e. The molecule has 0 fully saturated rings. The van der Waals surface area contributed by atoms with Crippen molar-refractivity contribution in [2.24, 2.45) is 10.9 Å². The number of hydrogen-bond acceptors (Lipinski definition) is 6. The highest BCUT2D eigenvalue weighted by molar-refractivity contribution is 5.88. The number of carbonyl (C=O) groups excluding carboxylic acids is 1. The number of rotatable bonds is 9. The molecule has 0 saturated carbocycles. The van der Waals surface area contributed by atoms with Crippen molar-refractivity contribution in [3.05, 3.63) is 35.4 Å². The highest BCUT2D eigenvalue weighted by atomic mass is 16.6. The number of ether oxygens (including phenoxy) is 1. The average Bonchev–Trinajstić information content (AvgIpc) is 2.54. The van der Waals surface area contributed by atoms with Gasteiger partial charge in [0.1, 0.15) is 12.2 Å². The van der Waals surface area contributed by atoms with Crippen LogP contribution in [0.25, 0.3) is 0 Å². The van der Waals surface area contributed by atoms with Crippen LogP contribution in [0.2, 0.25) is 0 Å². The van der Waals surface area contributed by atoms with E-state index in [2.05, 4.69) is 10.5 Å². The van der Waals surface area contributed by atoms with Gasteiger partial charge >= 0.3 is 6.09 Å². The number of amidine groups is 1. The molecule has 0 aliphatic heterocycles. The predicted octanol–water partition coefficient (Wildman–Crippen LogP) is 0.938. The fourth-order valence-electron chi connectivity index (χ4n) is 2.11. The normalized spacial score (nSPS) is 13.2. The molecule has 1 aromatic rings. The van der Waals surface area contributed by atoms with Crippen molar-refractivity contribution in [2.45, 2.75) is 45.3 Å². The van der Waals surface area contributed by atoms with Gasteiger partial charge in [-0.1, -0.05) is 29.4 Å². The maximum Gasteiger partial charge on any atom is 0.408 e. The number of aliphatic hydroxyl groups is 2. The summed E-state index contributed by atoms with van der Waals surface area (Å²) in [6, 6.07) is 6.98. The molecule has 0 spiro atoms. The first-order valence-corrected chi connectivity index (χ1v) is 8.49. The van der Waals surface area contributed by atoms with Gasteiger partial charge < -0.3 is 30.8 Å². The Morgan fingerprint density at radius 1 is 1.19 bits per heavy atom. The lowest BCUT2D eigenvalue weighted by atomic mass is 10.0. The Balaban J connectivity index is 2.85. The smallest absolute Gasteiger partial charge is 0.408 e. The standard InChI is InChI=1S/C18H29N3O5/c1-18(2,3)26-17(24)20-15(16(19)21-25-11-10-23)12-14-6-4-13(5-7-14)8-9-22/h4-7,15,22-23H,8-12H2,1-3H3,(H2,19,21)(H,20,24)/t15-/m0/s1. The Bertz CT molecular complexity index is 581. The molecule has 0 aliphatic rings. The van der Waals surface area contributed by atoms with E-state index in [1.54, 1.807) is 20.8 Å². The number of nitrogens with two attached hydrogens (primary N) is 1. The van der Waals surface area contributed by atoms with Gasteiger partial charge in [0, 0.05) is 13.0 Å². The summed E-state index contributed by atoms with van der Waals surface area (Å²) in [7, 11) is 0. The average molecular weight is 367 g/mol. The first-order valence-electron chi connectivity index (χ1n) is 8.49. The molecule has 0 aliphatic carbocycles. The van der Waals surface area contributed by atoms with E-state index in [0.29, 0.717) is 12.8 Å². The topological polar surface area (TPSA) is 126 Å². The summed E-state index contributed by atoms with van der Waals surface area (Å²) < 4.78 is 5.26. The third-order valence-corrected chi connectivity index (χ3v) is 3.26. The molecule has 8 heteroatoms. The third kappa shape index (κ3) is 8.68. The fraction of sp³-hybridized carbons (Fsp3) is 0.556. The monoisotopic (exact) mass is 367 g/mol. The number of nitrogens with one attached hydrogen (secondary N) is 1. The highest BCUT2D eigenvalue weighted by Gasteiger charge is 2.22. The fourth-order valence-corrected chi connectivity index (χ4v) is 2.11. The lowest BCUT2D eigenvalue weighted by molar-refractivity contribution is 0.0515. The van der Waals surface area contributed by atoms with Crippen molar-refractivity contribution in [1.82, 2.24) is 5.32 Å². The van der Waals surface area contributed by atoms with E-state index in [1.807, 2.05) is 24.3 Å². The molecule has 0 heterocycles. The van der Waals surface area contributed by atoms with Crippen LogP contribution in [-0.4, -0.2) is 53.6 Å². The quantitative estimate of drug-likeness (QED) is 0.223. The van der Waals surface area contributed by atoms with Gasteiger partial charge in [-0.3, -0.25) is 0 Å². The maximum absolute atomic E-state index is 12.1. The molecule has 8 nitrogen and oxygen atoms in total. The van der Waals surface area contributed by atoms with Gasteiger partial charge in [-0.25, -0.2) is 4.79 Å². The lowest BCUT2D eigenvalue weighted by Gasteiger charge is -2.23. The molecule has 1 amide bonds. The number of alkyl carbamates (subject to hydrolysis) is 1. The van der Waals surface area contributed by atoms with Crippen LogP contribution in [0.3, 0.4) is 0 Å². The van der Waals surface area contributed by atoms with E-state index in [-0.39, 0.29) is 25.7 Å². The number of hydrogen-bond donors (Lipinski definition) is 4. The van der Waals surface area contributed by atoms with Crippen LogP contribution < -0.4 is 11.1 Å². The molecule has 146 valence electrons. The van der Waals surface area contributed by atoms with Crippen molar-refractivity contribution < 1.29 is 24.6 Å². The molecule has 5 N–H and O–H groups in total. The van der Waals surface area contributed by atoms with Crippen LogP contribution in [0, 0.1) is 0 Å². The molecule has 0 aromatic heterocycles. The molecular weight excluding hydrogens is 338 g/mol. The van der Waals surface area contributed by atoms with E-state index in [1.165, 1.54) is 0 Å². The summed E-state index contributed by atoms with van der Waals surface area (Å²) in [6.45, 7) is 5.21. The summed E-state index contributed by atoms with van der Waals surface area (Å²) in [5.74, 6) is 0.0729. The zero-order chi connectivity index (χ0) is 19.6. The third-order valence-electron chi connectivity index (χ3n) is 3.26. The Labute approximate surface area is 154 Å². The van der Waals surface area contributed by atoms with E-state index >= 15 is 0 Å². The van der Waals surface area contributed by atoms with Gasteiger partial charge in [0.05, 0.1) is 12.6 Å². The number of benzene rings is 1. The number of amides is 1. The molecule has 1 atom stereocenters. The second-order valence-corrected chi connectivity index (χ2v) is 6.77. The second-order valence-electron chi connectivity index (χ2n) is 6.77. The SMILES string of the molecule is CC(C)(C)OC(=O)N[C@@H](Cc1ccc(CCO)cc1)/C(N)=N/OCCO. The lowest BCUT2D eigenvalue weighted by Crippen LogP contribution is -2.47. The Morgan fingerprint density at radius 3 is 2.35 bits per heavy atom. The minimum atomic E-state index is -0.639. The molecule has 1 rings (SSSR count). The zero-order valence-electron chi connectivity index (χ0n) is 15.6. The van der Waals surface area contributed by atoms with Crippen molar-refractivity contribution in [3.8, 4) is 0 Å². The molecule has 0 saturated heterocycles. The van der Waals surface area contributed by atoms with Gasteiger partial charge in [0.2, 0.25) is 0 Å².